The molecule has 58 heavy (non-hydrogen) atoms. The standard InChI is InChI=1S/C45H45ClN6O6/c1-29-34(28-58-42-19-41(57-27-33-17-32(20-47)22-50-23-33)35(18-39(42)46)24-49-16-6-12-45(55)56)7-3-8-36(29)37-9-4-10-38(30(37)2)40-26-52-25-31(13-14-43(52)51-40)21-48-15-5-11-44(53)54/h3-4,7-10,13-14,17-19,22-23,25-26,48-49H,5-6,11-12,15-16,21,24,27-28H2,1-2H3,(H,53,54)(H,55,56). The van der Waals surface area contributed by atoms with Crippen LogP contribution in [0.4, 0.5) is 0 Å². The summed E-state index contributed by atoms with van der Waals surface area (Å²) in [6, 6.07) is 23.8. The lowest BCUT2D eigenvalue weighted by molar-refractivity contribution is -0.138. The molecule has 3 heterocycles. The van der Waals surface area contributed by atoms with Crippen LogP contribution < -0.4 is 20.1 Å². The second-order valence-electron chi connectivity index (χ2n) is 14.0. The van der Waals surface area contributed by atoms with Crippen LogP contribution in [0.2, 0.25) is 5.02 Å². The number of aromatic nitrogens is 3. The first kappa shape index (κ1) is 41.4. The molecule has 0 spiro atoms. The van der Waals surface area contributed by atoms with Gasteiger partial charge in [0.15, 0.2) is 0 Å². The van der Waals surface area contributed by atoms with Gasteiger partial charge in [0.2, 0.25) is 0 Å². The van der Waals surface area contributed by atoms with E-state index in [1.165, 1.54) is 6.20 Å². The molecular weight excluding hydrogens is 756 g/mol. The maximum atomic E-state index is 11.0. The van der Waals surface area contributed by atoms with Crippen LogP contribution >= 0.6 is 11.6 Å². The molecule has 0 unspecified atom stereocenters. The molecule has 0 atom stereocenters. The Kier molecular flexibility index (Phi) is 14.1. The number of hydrogen-bond donors (Lipinski definition) is 4. The van der Waals surface area contributed by atoms with Gasteiger partial charge in [-0.3, -0.25) is 14.6 Å². The molecule has 0 fully saturated rings. The van der Waals surface area contributed by atoms with Gasteiger partial charge in [-0.2, -0.15) is 5.26 Å². The normalized spacial score (nSPS) is 11.1. The minimum Gasteiger partial charge on any atom is -0.488 e. The van der Waals surface area contributed by atoms with Gasteiger partial charge in [-0.25, -0.2) is 4.98 Å². The number of halogens is 1. The molecule has 0 radical (unpaired) electrons. The maximum absolute atomic E-state index is 11.0. The number of nitriles is 1. The van der Waals surface area contributed by atoms with E-state index in [4.69, 9.17) is 36.3 Å². The first-order valence-corrected chi connectivity index (χ1v) is 19.4. The number of benzene rings is 3. The first-order chi connectivity index (χ1) is 28.1. The van der Waals surface area contributed by atoms with Gasteiger partial charge in [0.1, 0.15) is 36.4 Å². The molecule has 0 bridgehead atoms. The summed E-state index contributed by atoms with van der Waals surface area (Å²) < 4.78 is 14.6. The number of nitrogens with zero attached hydrogens (tertiary/aromatic N) is 4. The minimum absolute atomic E-state index is 0.0698. The molecule has 0 saturated heterocycles. The third kappa shape index (κ3) is 10.8. The van der Waals surface area contributed by atoms with Crippen LogP contribution in [0.3, 0.4) is 0 Å². The summed E-state index contributed by atoms with van der Waals surface area (Å²) in [4.78, 5) is 30.8. The summed E-state index contributed by atoms with van der Waals surface area (Å²) in [7, 11) is 0. The van der Waals surface area contributed by atoms with E-state index in [9.17, 15) is 14.9 Å². The molecule has 3 aromatic heterocycles. The monoisotopic (exact) mass is 800 g/mol. The van der Waals surface area contributed by atoms with Crippen molar-refractivity contribution in [3.63, 3.8) is 0 Å². The van der Waals surface area contributed by atoms with Crippen molar-refractivity contribution in [3.05, 3.63) is 135 Å². The molecule has 0 saturated carbocycles. The van der Waals surface area contributed by atoms with Crippen LogP contribution in [0.25, 0.3) is 28.0 Å². The Morgan fingerprint density at radius 2 is 1.47 bits per heavy atom. The molecular formula is C45H45ClN6O6. The topological polar surface area (TPSA) is 171 Å². The van der Waals surface area contributed by atoms with Crippen LogP contribution in [0.15, 0.2) is 91.5 Å². The summed E-state index contributed by atoms with van der Waals surface area (Å²) in [6.07, 6.45) is 8.50. The number of imidazole rings is 1. The zero-order valence-corrected chi connectivity index (χ0v) is 33.2. The Morgan fingerprint density at radius 3 is 2.21 bits per heavy atom. The number of rotatable bonds is 20. The highest BCUT2D eigenvalue weighted by Gasteiger charge is 2.17. The number of carboxylic acid groups (broad SMARTS) is 2. The molecule has 3 aromatic carbocycles. The fourth-order valence-electron chi connectivity index (χ4n) is 6.70. The predicted octanol–water partition coefficient (Wildman–Crippen LogP) is 8.27. The number of nitrogens with one attached hydrogen (secondary N) is 2. The zero-order valence-electron chi connectivity index (χ0n) is 32.4. The highest BCUT2D eigenvalue weighted by Crippen LogP contribution is 2.37. The lowest BCUT2D eigenvalue weighted by atomic mass is 9.91. The van der Waals surface area contributed by atoms with Crippen molar-refractivity contribution >= 4 is 29.2 Å². The molecule has 0 aliphatic rings. The quantitative estimate of drug-likeness (QED) is 0.0548. The minimum atomic E-state index is -0.843. The fraction of sp³-hybridized carbons (Fsp3) is 0.267. The van der Waals surface area contributed by atoms with E-state index in [-0.39, 0.29) is 26.1 Å². The van der Waals surface area contributed by atoms with Gasteiger partial charge < -0.3 is 34.7 Å². The Hall–Kier alpha value is -6.26. The first-order valence-electron chi connectivity index (χ1n) is 19.0. The lowest BCUT2D eigenvalue weighted by Gasteiger charge is -2.18. The summed E-state index contributed by atoms with van der Waals surface area (Å²) in [6.45, 7) is 6.78. The molecule has 0 amide bonds. The van der Waals surface area contributed by atoms with E-state index >= 15 is 0 Å². The summed E-state index contributed by atoms with van der Waals surface area (Å²) in [5, 5.41) is 34.2. The fourth-order valence-corrected chi connectivity index (χ4v) is 6.94. The summed E-state index contributed by atoms with van der Waals surface area (Å²) in [5.41, 5.74) is 11.1. The Balaban J connectivity index is 1.18. The lowest BCUT2D eigenvalue weighted by Crippen LogP contribution is -2.16. The van der Waals surface area contributed by atoms with Crippen LogP contribution in [0.1, 0.15) is 64.6 Å². The maximum Gasteiger partial charge on any atom is 0.303 e. The highest BCUT2D eigenvalue weighted by atomic mass is 35.5. The molecule has 12 nitrogen and oxygen atoms in total. The van der Waals surface area contributed by atoms with Gasteiger partial charge in [-0.15, -0.1) is 0 Å². The number of hydrogen-bond acceptors (Lipinski definition) is 9. The molecule has 6 rings (SSSR count). The van der Waals surface area contributed by atoms with Gasteiger partial charge in [-0.05, 0) is 91.4 Å². The number of carbonyl (C=O) groups is 2. The van der Waals surface area contributed by atoms with Crippen molar-refractivity contribution in [2.24, 2.45) is 0 Å². The largest absolute Gasteiger partial charge is 0.488 e. The number of aliphatic carboxylic acids is 2. The van der Waals surface area contributed by atoms with Crippen molar-refractivity contribution in [2.45, 2.75) is 65.8 Å². The van der Waals surface area contributed by atoms with Crippen LogP contribution in [0.5, 0.6) is 11.5 Å². The van der Waals surface area contributed by atoms with E-state index in [2.05, 4.69) is 53.7 Å². The van der Waals surface area contributed by atoms with Gasteiger partial charge in [0.25, 0.3) is 0 Å². The van der Waals surface area contributed by atoms with Crippen molar-refractivity contribution < 1.29 is 29.3 Å². The molecule has 13 heteroatoms. The van der Waals surface area contributed by atoms with Crippen molar-refractivity contribution in [1.29, 1.82) is 5.26 Å². The average Bonchev–Trinajstić information content (AvgIpc) is 3.63. The van der Waals surface area contributed by atoms with E-state index in [0.717, 1.165) is 61.4 Å². The second kappa shape index (κ2) is 19.7. The summed E-state index contributed by atoms with van der Waals surface area (Å²) >= 11 is 6.79. The molecule has 0 aliphatic carbocycles. The zero-order chi connectivity index (χ0) is 41.0. The van der Waals surface area contributed by atoms with Gasteiger partial charge in [0.05, 0.1) is 16.3 Å². The predicted molar refractivity (Wildman–Crippen MR) is 222 cm³/mol. The number of fused-ring (bicyclic) bond motifs is 1. The molecule has 0 aliphatic heterocycles. The summed E-state index contributed by atoms with van der Waals surface area (Å²) in [5.74, 6) is -0.644. The van der Waals surface area contributed by atoms with Gasteiger partial charge in [-0.1, -0.05) is 54.1 Å². The van der Waals surface area contributed by atoms with Gasteiger partial charge >= 0.3 is 11.9 Å². The number of carboxylic acids is 2. The average molecular weight is 801 g/mol. The van der Waals surface area contributed by atoms with Crippen LogP contribution in [-0.2, 0) is 35.9 Å². The van der Waals surface area contributed by atoms with E-state index in [1.54, 1.807) is 24.4 Å². The van der Waals surface area contributed by atoms with E-state index in [1.807, 2.05) is 47.1 Å². The smallest absolute Gasteiger partial charge is 0.303 e. The number of ether oxygens (including phenoxy) is 2. The SMILES string of the molecule is Cc1c(COc2cc(OCc3cncc(C#N)c3)c(CNCCCC(=O)O)cc2Cl)cccc1-c1cccc(-c2cn3cc(CNCCCC(=O)O)ccc3n2)c1C. The molecule has 298 valence electrons. The van der Waals surface area contributed by atoms with Crippen LogP contribution in [0, 0.1) is 25.2 Å². The Morgan fingerprint density at radius 1 is 0.776 bits per heavy atom. The van der Waals surface area contributed by atoms with Crippen LogP contribution in [-0.4, -0.2) is 49.6 Å². The van der Waals surface area contributed by atoms with E-state index < -0.39 is 11.9 Å². The Bertz CT molecular complexity index is 2460. The van der Waals surface area contributed by atoms with Crippen molar-refractivity contribution in [2.75, 3.05) is 13.1 Å². The van der Waals surface area contributed by atoms with Gasteiger partial charge in [0, 0.05) is 73.5 Å². The third-order valence-corrected chi connectivity index (χ3v) is 10.1. The second-order valence-corrected chi connectivity index (χ2v) is 14.4. The van der Waals surface area contributed by atoms with Crippen molar-refractivity contribution in [3.8, 4) is 40.0 Å². The highest BCUT2D eigenvalue weighted by molar-refractivity contribution is 6.32. The third-order valence-electron chi connectivity index (χ3n) is 9.81. The number of pyridine rings is 2. The molecule has 6 aromatic rings. The van der Waals surface area contributed by atoms with E-state index in [0.29, 0.717) is 61.1 Å². The van der Waals surface area contributed by atoms with Crippen molar-refractivity contribution in [1.82, 2.24) is 25.0 Å². The Labute approximate surface area is 342 Å². The molecule has 4 N–H and O–H groups in total.